The Morgan fingerprint density at radius 1 is 1.53 bits per heavy atom. The van der Waals surface area contributed by atoms with Crippen LogP contribution in [0.4, 0.5) is 4.39 Å². The van der Waals surface area contributed by atoms with Gasteiger partial charge in [0.2, 0.25) is 0 Å². The van der Waals surface area contributed by atoms with Crippen LogP contribution >= 0.6 is 0 Å². The predicted molar refractivity (Wildman–Crippen MR) is 58.5 cm³/mol. The molecule has 5 heteroatoms. The number of rotatable bonds is 3. The first-order valence-electron chi connectivity index (χ1n) is 5.28. The van der Waals surface area contributed by atoms with Crippen molar-refractivity contribution in [3.8, 4) is 5.75 Å². The Hall–Kier alpha value is -1.91. The SMILES string of the molecule is CN1CCC(Oc2ccc(F)cc2C=O)C1=O. The molecule has 2 rings (SSSR count). The van der Waals surface area contributed by atoms with Gasteiger partial charge >= 0.3 is 0 Å². The molecular formula is C12H12FNO3. The van der Waals surface area contributed by atoms with Gasteiger partial charge in [-0.15, -0.1) is 0 Å². The number of likely N-dealkylation sites (N-methyl/N-ethyl adjacent to an activating group) is 1. The minimum absolute atomic E-state index is 0.118. The zero-order valence-corrected chi connectivity index (χ0v) is 9.35. The summed E-state index contributed by atoms with van der Waals surface area (Å²) in [6.07, 6.45) is 0.510. The van der Waals surface area contributed by atoms with Crippen molar-refractivity contribution in [2.24, 2.45) is 0 Å². The van der Waals surface area contributed by atoms with Crippen LogP contribution in [0.5, 0.6) is 5.75 Å². The van der Waals surface area contributed by atoms with E-state index in [-0.39, 0.29) is 17.2 Å². The van der Waals surface area contributed by atoms with Crippen molar-refractivity contribution < 1.29 is 18.7 Å². The fraction of sp³-hybridized carbons (Fsp3) is 0.333. The molecule has 1 aromatic rings. The molecule has 0 saturated carbocycles. The lowest BCUT2D eigenvalue weighted by Gasteiger charge is -2.14. The summed E-state index contributed by atoms with van der Waals surface area (Å²) in [7, 11) is 1.69. The smallest absolute Gasteiger partial charge is 0.263 e. The van der Waals surface area contributed by atoms with Crippen LogP contribution < -0.4 is 4.74 Å². The maximum Gasteiger partial charge on any atom is 0.263 e. The van der Waals surface area contributed by atoms with Gasteiger partial charge < -0.3 is 9.64 Å². The minimum Gasteiger partial charge on any atom is -0.480 e. The van der Waals surface area contributed by atoms with Crippen LogP contribution in [0.3, 0.4) is 0 Å². The third kappa shape index (κ3) is 2.27. The second-order valence-electron chi connectivity index (χ2n) is 3.95. The van der Waals surface area contributed by atoms with E-state index in [9.17, 15) is 14.0 Å². The van der Waals surface area contributed by atoms with Crippen LogP contribution in [0, 0.1) is 5.82 Å². The van der Waals surface area contributed by atoms with Gasteiger partial charge in [0.15, 0.2) is 12.4 Å². The van der Waals surface area contributed by atoms with Crippen LogP contribution in [0.15, 0.2) is 18.2 Å². The van der Waals surface area contributed by atoms with Crippen molar-refractivity contribution in [1.29, 1.82) is 0 Å². The van der Waals surface area contributed by atoms with Crippen LogP contribution in [0.1, 0.15) is 16.8 Å². The number of hydrogen-bond donors (Lipinski definition) is 0. The first-order chi connectivity index (χ1) is 8.11. The van der Waals surface area contributed by atoms with Crippen LogP contribution in [0.2, 0.25) is 0 Å². The summed E-state index contributed by atoms with van der Waals surface area (Å²) < 4.78 is 18.3. The molecule has 0 spiro atoms. The average molecular weight is 237 g/mol. The Morgan fingerprint density at radius 3 is 2.88 bits per heavy atom. The van der Waals surface area contributed by atoms with Crippen molar-refractivity contribution in [2.45, 2.75) is 12.5 Å². The van der Waals surface area contributed by atoms with Gasteiger partial charge in [-0.05, 0) is 18.2 Å². The van der Waals surface area contributed by atoms with Crippen molar-refractivity contribution in [3.63, 3.8) is 0 Å². The van der Waals surface area contributed by atoms with E-state index < -0.39 is 11.9 Å². The topological polar surface area (TPSA) is 46.6 Å². The van der Waals surface area contributed by atoms with E-state index >= 15 is 0 Å². The van der Waals surface area contributed by atoms with Crippen molar-refractivity contribution in [2.75, 3.05) is 13.6 Å². The molecule has 0 N–H and O–H groups in total. The van der Waals surface area contributed by atoms with E-state index in [0.717, 1.165) is 6.07 Å². The first-order valence-corrected chi connectivity index (χ1v) is 5.28. The molecule has 1 heterocycles. The van der Waals surface area contributed by atoms with Gasteiger partial charge in [0.1, 0.15) is 11.6 Å². The second-order valence-corrected chi connectivity index (χ2v) is 3.95. The number of carbonyl (C=O) groups is 2. The lowest BCUT2D eigenvalue weighted by Crippen LogP contribution is -2.29. The van der Waals surface area contributed by atoms with Gasteiger partial charge in [-0.25, -0.2) is 4.39 Å². The minimum atomic E-state index is -0.579. The molecule has 0 aromatic heterocycles. The molecule has 1 amide bonds. The number of carbonyl (C=O) groups excluding carboxylic acids is 2. The lowest BCUT2D eigenvalue weighted by molar-refractivity contribution is -0.132. The van der Waals surface area contributed by atoms with Gasteiger partial charge in [0.05, 0.1) is 5.56 Å². The van der Waals surface area contributed by atoms with E-state index in [1.54, 1.807) is 11.9 Å². The standard InChI is InChI=1S/C12H12FNO3/c1-14-5-4-11(12(14)16)17-10-3-2-9(13)6-8(10)7-15/h2-3,6-7,11H,4-5H2,1H3. The Bertz CT molecular complexity index is 461. The number of halogens is 1. The quantitative estimate of drug-likeness (QED) is 0.743. The second kappa shape index (κ2) is 4.53. The zero-order chi connectivity index (χ0) is 12.4. The van der Waals surface area contributed by atoms with E-state index in [0.29, 0.717) is 19.3 Å². The molecule has 0 aliphatic carbocycles. The summed E-state index contributed by atoms with van der Waals surface area (Å²) in [6, 6.07) is 3.65. The monoisotopic (exact) mass is 237 g/mol. The highest BCUT2D eigenvalue weighted by atomic mass is 19.1. The molecule has 1 aliphatic rings. The predicted octanol–water partition coefficient (Wildman–Crippen LogP) is 1.25. The Morgan fingerprint density at radius 2 is 2.29 bits per heavy atom. The lowest BCUT2D eigenvalue weighted by atomic mass is 10.2. The number of likely N-dealkylation sites (tertiary alicyclic amines) is 1. The maximum absolute atomic E-state index is 12.9. The first kappa shape index (κ1) is 11.6. The van der Waals surface area contributed by atoms with Gasteiger partial charge in [-0.3, -0.25) is 9.59 Å². The molecule has 1 aromatic carbocycles. The molecule has 17 heavy (non-hydrogen) atoms. The largest absolute Gasteiger partial charge is 0.480 e. The van der Waals surface area contributed by atoms with Crippen LogP contribution in [-0.4, -0.2) is 36.8 Å². The number of amides is 1. The van der Waals surface area contributed by atoms with Gasteiger partial charge in [-0.2, -0.15) is 0 Å². The van der Waals surface area contributed by atoms with Gasteiger partial charge in [0, 0.05) is 20.0 Å². The fourth-order valence-corrected chi connectivity index (χ4v) is 1.77. The summed E-state index contributed by atoms with van der Waals surface area (Å²) >= 11 is 0. The third-order valence-electron chi connectivity index (χ3n) is 2.75. The highest BCUT2D eigenvalue weighted by Crippen LogP contribution is 2.22. The van der Waals surface area contributed by atoms with Crippen LogP contribution in [0.25, 0.3) is 0 Å². The molecule has 4 nitrogen and oxygen atoms in total. The van der Waals surface area contributed by atoms with Crippen LogP contribution in [-0.2, 0) is 4.79 Å². The molecule has 1 aliphatic heterocycles. The summed E-state index contributed by atoms with van der Waals surface area (Å²) in [6.45, 7) is 0.626. The number of hydrogen-bond acceptors (Lipinski definition) is 3. The van der Waals surface area contributed by atoms with Gasteiger partial charge in [0.25, 0.3) is 5.91 Å². The van der Waals surface area contributed by atoms with Crippen molar-refractivity contribution in [1.82, 2.24) is 4.90 Å². The Balaban J connectivity index is 2.19. The van der Waals surface area contributed by atoms with E-state index in [2.05, 4.69) is 0 Å². The highest BCUT2D eigenvalue weighted by Gasteiger charge is 2.31. The average Bonchev–Trinajstić information content (AvgIpc) is 2.63. The number of nitrogens with zero attached hydrogens (tertiary/aromatic N) is 1. The summed E-state index contributed by atoms with van der Waals surface area (Å²) in [4.78, 5) is 23.9. The molecule has 1 unspecified atom stereocenters. The maximum atomic E-state index is 12.9. The van der Waals surface area contributed by atoms with E-state index in [4.69, 9.17) is 4.74 Å². The molecule has 0 radical (unpaired) electrons. The fourth-order valence-electron chi connectivity index (χ4n) is 1.77. The normalized spacial score (nSPS) is 19.5. The summed E-state index contributed by atoms with van der Waals surface area (Å²) in [5.41, 5.74) is 0.118. The van der Waals surface area contributed by atoms with E-state index in [1.807, 2.05) is 0 Å². The van der Waals surface area contributed by atoms with Crippen molar-refractivity contribution in [3.05, 3.63) is 29.6 Å². The summed E-state index contributed by atoms with van der Waals surface area (Å²) in [5, 5.41) is 0. The molecule has 1 fully saturated rings. The molecule has 0 bridgehead atoms. The van der Waals surface area contributed by atoms with E-state index in [1.165, 1.54) is 12.1 Å². The molecule has 1 saturated heterocycles. The zero-order valence-electron chi connectivity index (χ0n) is 9.35. The summed E-state index contributed by atoms with van der Waals surface area (Å²) in [5.74, 6) is -0.379. The Kier molecular flexibility index (Phi) is 3.08. The van der Waals surface area contributed by atoms with Crippen molar-refractivity contribution >= 4 is 12.2 Å². The molecule has 1 atom stereocenters. The highest BCUT2D eigenvalue weighted by molar-refractivity contribution is 5.84. The molecular weight excluding hydrogens is 225 g/mol. The molecule has 90 valence electrons. The Labute approximate surface area is 98.0 Å². The third-order valence-corrected chi connectivity index (χ3v) is 2.75. The number of benzene rings is 1. The number of aldehydes is 1. The van der Waals surface area contributed by atoms with Gasteiger partial charge in [-0.1, -0.05) is 0 Å². The number of ether oxygens (including phenoxy) is 1.